The minimum absolute atomic E-state index is 0.0346. The van der Waals surface area contributed by atoms with Crippen LogP contribution in [-0.2, 0) is 0 Å². The summed E-state index contributed by atoms with van der Waals surface area (Å²) < 4.78 is 0. The van der Waals surface area contributed by atoms with E-state index in [9.17, 15) is 4.79 Å². The van der Waals surface area contributed by atoms with Crippen LogP contribution in [0.25, 0.3) is 0 Å². The Kier molecular flexibility index (Phi) is 5.39. The number of hydrogen-bond donors (Lipinski definition) is 2. The molecule has 0 bridgehead atoms. The highest BCUT2D eigenvalue weighted by atomic mass is 32.2. The number of carbonyl (C=O) groups excluding carboxylic acids is 1. The maximum Gasteiger partial charge on any atom is 0.321 e. The van der Waals surface area contributed by atoms with E-state index in [0.717, 1.165) is 47.1 Å². The van der Waals surface area contributed by atoms with Crippen LogP contribution in [0, 0.1) is 0 Å². The number of anilines is 1. The third-order valence-corrected chi connectivity index (χ3v) is 5.75. The summed E-state index contributed by atoms with van der Waals surface area (Å²) in [6.45, 7) is 1.51. The van der Waals surface area contributed by atoms with Gasteiger partial charge < -0.3 is 15.2 Å². The molecule has 1 saturated heterocycles. The molecule has 0 spiro atoms. The Bertz CT molecular complexity index is 859. The lowest BCUT2D eigenvalue weighted by molar-refractivity contribution is 0.194. The van der Waals surface area contributed by atoms with Crippen LogP contribution in [0.3, 0.4) is 0 Å². The van der Waals surface area contributed by atoms with Gasteiger partial charge >= 0.3 is 6.03 Å². The Morgan fingerprint density at radius 1 is 1.04 bits per heavy atom. The van der Waals surface area contributed by atoms with Crippen LogP contribution in [0.4, 0.5) is 10.5 Å². The number of piperidine rings is 1. The van der Waals surface area contributed by atoms with E-state index in [2.05, 4.69) is 20.3 Å². The minimum Gasteiger partial charge on any atom is -0.348 e. The predicted molar refractivity (Wildman–Crippen MR) is 106 cm³/mol. The third kappa shape index (κ3) is 4.49. The number of hydrogen-bond acceptors (Lipinski definition) is 4. The molecule has 1 aliphatic rings. The molecule has 2 amide bonds. The molecule has 6 nitrogen and oxygen atoms in total. The summed E-state index contributed by atoms with van der Waals surface area (Å²) >= 11 is 1.67. The van der Waals surface area contributed by atoms with Crippen molar-refractivity contribution in [2.75, 3.05) is 18.4 Å². The van der Waals surface area contributed by atoms with E-state index in [1.807, 2.05) is 47.5 Å². The van der Waals surface area contributed by atoms with Crippen LogP contribution in [0.1, 0.15) is 24.5 Å². The number of aromatic amines is 1. The first-order chi connectivity index (χ1) is 13.3. The summed E-state index contributed by atoms with van der Waals surface area (Å²) in [6, 6.07) is 11.8. The summed E-state index contributed by atoms with van der Waals surface area (Å²) in [5.74, 6) is 0.459. The zero-order valence-electron chi connectivity index (χ0n) is 14.8. The van der Waals surface area contributed by atoms with Crippen LogP contribution in [-0.4, -0.2) is 39.0 Å². The summed E-state index contributed by atoms with van der Waals surface area (Å²) in [5.41, 5.74) is 1.98. The average molecular weight is 379 g/mol. The minimum atomic E-state index is -0.0346. The Balaban J connectivity index is 1.29. The molecule has 2 aromatic heterocycles. The van der Waals surface area contributed by atoms with Crippen LogP contribution in [0.5, 0.6) is 0 Å². The van der Waals surface area contributed by atoms with Gasteiger partial charge in [0.15, 0.2) is 0 Å². The molecule has 3 aromatic rings. The highest BCUT2D eigenvalue weighted by molar-refractivity contribution is 7.99. The molecule has 3 heterocycles. The van der Waals surface area contributed by atoms with Crippen molar-refractivity contribution in [3.63, 3.8) is 0 Å². The lowest BCUT2D eigenvalue weighted by Crippen LogP contribution is -2.40. The van der Waals surface area contributed by atoms with Gasteiger partial charge in [-0.25, -0.2) is 9.78 Å². The first-order valence-corrected chi connectivity index (χ1v) is 9.82. The van der Waals surface area contributed by atoms with Crippen LogP contribution < -0.4 is 5.32 Å². The van der Waals surface area contributed by atoms with Crippen molar-refractivity contribution < 1.29 is 4.79 Å². The van der Waals surface area contributed by atoms with Gasteiger partial charge in [0.1, 0.15) is 0 Å². The third-order valence-electron chi connectivity index (χ3n) is 4.73. The van der Waals surface area contributed by atoms with Crippen molar-refractivity contribution in [3.05, 3.63) is 67.0 Å². The van der Waals surface area contributed by atoms with Crippen LogP contribution >= 0.6 is 11.8 Å². The molecule has 138 valence electrons. The molecule has 0 radical (unpaired) electrons. The normalized spacial score (nSPS) is 14.9. The molecular formula is C20H21N5OS. The number of likely N-dealkylation sites (tertiary alicyclic amines) is 1. The number of imidazole rings is 1. The van der Waals surface area contributed by atoms with Gasteiger partial charge in [-0.05, 0) is 49.2 Å². The topological polar surface area (TPSA) is 73.9 Å². The molecule has 7 heteroatoms. The smallest absolute Gasteiger partial charge is 0.321 e. The molecule has 27 heavy (non-hydrogen) atoms. The first-order valence-electron chi connectivity index (χ1n) is 9.00. The maximum atomic E-state index is 12.5. The molecule has 0 unspecified atom stereocenters. The summed E-state index contributed by atoms with van der Waals surface area (Å²) in [7, 11) is 0. The number of aromatic nitrogens is 3. The fourth-order valence-corrected chi connectivity index (χ4v) is 4.04. The molecule has 2 N–H and O–H groups in total. The van der Waals surface area contributed by atoms with Gasteiger partial charge in [0.2, 0.25) is 0 Å². The van der Waals surface area contributed by atoms with Crippen molar-refractivity contribution >= 4 is 23.5 Å². The lowest BCUT2D eigenvalue weighted by Gasteiger charge is -2.31. The van der Waals surface area contributed by atoms with E-state index >= 15 is 0 Å². The lowest BCUT2D eigenvalue weighted by atomic mass is 9.94. The summed E-state index contributed by atoms with van der Waals surface area (Å²) in [6.07, 6.45) is 9.07. The van der Waals surface area contributed by atoms with Crippen molar-refractivity contribution in [1.29, 1.82) is 0 Å². The SMILES string of the molecule is O=C(Nc1ccc(Sc2ccncc2)cc1)N1CCC(c2cnc[nH]2)CC1. The molecule has 0 atom stereocenters. The Morgan fingerprint density at radius 2 is 1.74 bits per heavy atom. The van der Waals surface area contributed by atoms with Crippen LogP contribution in [0.2, 0.25) is 0 Å². The second-order valence-corrected chi connectivity index (χ2v) is 7.65. The predicted octanol–water partition coefficient (Wildman–Crippen LogP) is 4.37. The Morgan fingerprint density at radius 3 is 2.41 bits per heavy atom. The van der Waals surface area contributed by atoms with Gasteiger partial charge in [-0.15, -0.1) is 0 Å². The second kappa shape index (κ2) is 8.26. The van der Waals surface area contributed by atoms with E-state index in [4.69, 9.17) is 0 Å². The van der Waals surface area contributed by atoms with E-state index in [0.29, 0.717) is 5.92 Å². The quantitative estimate of drug-likeness (QED) is 0.706. The van der Waals surface area contributed by atoms with E-state index < -0.39 is 0 Å². The molecule has 4 rings (SSSR count). The van der Waals surface area contributed by atoms with Crippen molar-refractivity contribution in [2.45, 2.75) is 28.6 Å². The average Bonchev–Trinajstić information content (AvgIpc) is 3.25. The standard InChI is InChI=1S/C20H21N5OS/c26-20(25-11-7-15(8-12-25)19-13-22-14-23-19)24-16-1-3-17(4-2-16)27-18-5-9-21-10-6-18/h1-6,9-10,13-15H,7-8,11-12H2,(H,22,23)(H,24,26). The number of pyridine rings is 1. The number of nitrogens with one attached hydrogen (secondary N) is 2. The van der Waals surface area contributed by atoms with E-state index in [1.54, 1.807) is 30.5 Å². The fraction of sp³-hybridized carbons (Fsp3) is 0.250. The number of rotatable bonds is 4. The van der Waals surface area contributed by atoms with Gasteiger partial charge in [0, 0.05) is 58.8 Å². The number of amides is 2. The second-order valence-electron chi connectivity index (χ2n) is 6.51. The highest BCUT2D eigenvalue weighted by Gasteiger charge is 2.24. The Hall–Kier alpha value is -2.80. The number of H-pyrrole nitrogens is 1. The van der Waals surface area contributed by atoms with Gasteiger partial charge in [-0.3, -0.25) is 4.98 Å². The number of carbonyl (C=O) groups is 1. The number of nitrogens with zero attached hydrogens (tertiary/aromatic N) is 3. The summed E-state index contributed by atoms with van der Waals surface area (Å²) in [4.78, 5) is 28.0. The molecule has 0 aliphatic carbocycles. The van der Waals surface area contributed by atoms with E-state index in [-0.39, 0.29) is 6.03 Å². The number of urea groups is 1. The molecule has 1 fully saturated rings. The molecule has 1 aliphatic heterocycles. The molecule has 0 saturated carbocycles. The van der Waals surface area contributed by atoms with Gasteiger partial charge in [-0.2, -0.15) is 0 Å². The van der Waals surface area contributed by atoms with Crippen LogP contribution in [0.15, 0.2) is 71.1 Å². The summed E-state index contributed by atoms with van der Waals surface area (Å²) in [5, 5.41) is 3.00. The fourth-order valence-electron chi connectivity index (χ4n) is 3.23. The van der Waals surface area contributed by atoms with Gasteiger partial charge in [0.05, 0.1) is 6.33 Å². The first kappa shape index (κ1) is 17.6. The van der Waals surface area contributed by atoms with Crippen molar-refractivity contribution in [1.82, 2.24) is 19.9 Å². The zero-order valence-corrected chi connectivity index (χ0v) is 15.7. The monoisotopic (exact) mass is 379 g/mol. The number of benzene rings is 1. The van der Waals surface area contributed by atoms with Crippen molar-refractivity contribution in [2.24, 2.45) is 0 Å². The molecular weight excluding hydrogens is 358 g/mol. The largest absolute Gasteiger partial charge is 0.348 e. The Labute approximate surface area is 162 Å². The van der Waals surface area contributed by atoms with Gasteiger partial charge in [0.25, 0.3) is 0 Å². The van der Waals surface area contributed by atoms with Crippen molar-refractivity contribution in [3.8, 4) is 0 Å². The van der Waals surface area contributed by atoms with Gasteiger partial charge in [-0.1, -0.05) is 11.8 Å². The zero-order chi connectivity index (χ0) is 18.5. The maximum absolute atomic E-state index is 12.5. The van der Waals surface area contributed by atoms with E-state index in [1.165, 1.54) is 0 Å². The highest BCUT2D eigenvalue weighted by Crippen LogP contribution is 2.29. The molecule has 1 aromatic carbocycles.